The maximum absolute atomic E-state index is 9.15. The SMILES string of the molecule is OCc1ccnc(N2CCC(OC[C@H]3COCCO3)CC2)n1. The zero-order valence-corrected chi connectivity index (χ0v) is 12.7. The summed E-state index contributed by atoms with van der Waals surface area (Å²) in [6, 6.07) is 1.73. The van der Waals surface area contributed by atoms with Crippen molar-refractivity contribution in [3.05, 3.63) is 18.0 Å². The first-order valence-corrected chi connectivity index (χ1v) is 7.84. The highest BCUT2D eigenvalue weighted by Crippen LogP contribution is 2.19. The van der Waals surface area contributed by atoms with E-state index in [0.717, 1.165) is 25.9 Å². The van der Waals surface area contributed by atoms with Crippen molar-refractivity contribution in [1.82, 2.24) is 9.97 Å². The third-order valence-electron chi connectivity index (χ3n) is 3.99. The summed E-state index contributed by atoms with van der Waals surface area (Å²) in [4.78, 5) is 10.8. The van der Waals surface area contributed by atoms with Gasteiger partial charge >= 0.3 is 0 Å². The number of rotatable bonds is 5. The number of aromatic nitrogens is 2. The molecule has 1 aromatic rings. The summed E-state index contributed by atoms with van der Waals surface area (Å²) < 4.78 is 16.9. The summed E-state index contributed by atoms with van der Waals surface area (Å²) in [5.41, 5.74) is 0.651. The number of nitrogens with zero attached hydrogens (tertiary/aromatic N) is 3. The minimum absolute atomic E-state index is 0.0570. The molecule has 2 aliphatic rings. The fourth-order valence-electron chi connectivity index (χ4n) is 2.72. The van der Waals surface area contributed by atoms with Crippen molar-refractivity contribution in [3.8, 4) is 0 Å². The highest BCUT2D eigenvalue weighted by molar-refractivity contribution is 5.30. The van der Waals surface area contributed by atoms with Crippen LogP contribution >= 0.6 is 0 Å². The van der Waals surface area contributed by atoms with Gasteiger partial charge in [0.25, 0.3) is 0 Å². The molecule has 22 heavy (non-hydrogen) atoms. The average molecular weight is 309 g/mol. The molecule has 1 aromatic heterocycles. The van der Waals surface area contributed by atoms with Gasteiger partial charge in [0, 0.05) is 19.3 Å². The van der Waals surface area contributed by atoms with Crippen LogP contribution in [0.4, 0.5) is 5.95 Å². The number of aliphatic hydroxyl groups is 1. The van der Waals surface area contributed by atoms with E-state index in [9.17, 15) is 0 Å². The van der Waals surface area contributed by atoms with Crippen molar-refractivity contribution in [2.45, 2.75) is 31.7 Å². The molecule has 0 aliphatic carbocycles. The first-order chi connectivity index (χ1) is 10.8. The molecule has 0 bridgehead atoms. The molecule has 0 radical (unpaired) electrons. The topological polar surface area (TPSA) is 76.9 Å². The summed E-state index contributed by atoms with van der Waals surface area (Å²) in [7, 11) is 0. The van der Waals surface area contributed by atoms with E-state index in [1.165, 1.54) is 0 Å². The van der Waals surface area contributed by atoms with Crippen molar-refractivity contribution in [2.24, 2.45) is 0 Å². The Kier molecular flexibility index (Phi) is 5.55. The predicted molar refractivity (Wildman–Crippen MR) is 79.7 cm³/mol. The molecule has 0 aromatic carbocycles. The average Bonchev–Trinajstić information content (AvgIpc) is 2.61. The second-order valence-electron chi connectivity index (χ2n) is 5.59. The van der Waals surface area contributed by atoms with Crippen LogP contribution < -0.4 is 4.90 Å². The van der Waals surface area contributed by atoms with Crippen LogP contribution in [0.5, 0.6) is 0 Å². The summed E-state index contributed by atoms with van der Waals surface area (Å²) in [5.74, 6) is 0.689. The molecular formula is C15H23N3O4. The van der Waals surface area contributed by atoms with E-state index in [2.05, 4.69) is 14.9 Å². The summed E-state index contributed by atoms with van der Waals surface area (Å²) in [6.45, 7) is 4.23. The Labute approximate surface area is 130 Å². The molecule has 1 N–H and O–H groups in total. The molecule has 0 amide bonds. The van der Waals surface area contributed by atoms with Gasteiger partial charge < -0.3 is 24.2 Å². The van der Waals surface area contributed by atoms with Crippen LogP contribution in [-0.2, 0) is 20.8 Å². The van der Waals surface area contributed by atoms with Crippen LogP contribution in [0.15, 0.2) is 12.3 Å². The van der Waals surface area contributed by atoms with Gasteiger partial charge in [-0.1, -0.05) is 0 Å². The molecule has 0 unspecified atom stereocenters. The van der Waals surface area contributed by atoms with Gasteiger partial charge in [0.1, 0.15) is 6.10 Å². The Hall–Kier alpha value is -1.28. The molecule has 122 valence electrons. The number of piperidine rings is 1. The largest absolute Gasteiger partial charge is 0.390 e. The van der Waals surface area contributed by atoms with Crippen molar-refractivity contribution >= 4 is 5.95 Å². The highest BCUT2D eigenvalue weighted by Gasteiger charge is 2.23. The molecule has 2 aliphatic heterocycles. The van der Waals surface area contributed by atoms with Gasteiger partial charge in [0.15, 0.2) is 0 Å². The first kappa shape index (κ1) is 15.6. The van der Waals surface area contributed by atoms with Gasteiger partial charge in [-0.25, -0.2) is 9.97 Å². The molecule has 0 saturated carbocycles. The Morgan fingerprint density at radius 2 is 2.18 bits per heavy atom. The van der Waals surface area contributed by atoms with Crippen LogP contribution in [-0.4, -0.2) is 66.8 Å². The molecule has 1 atom stereocenters. The zero-order chi connectivity index (χ0) is 15.2. The lowest BCUT2D eigenvalue weighted by Crippen LogP contribution is -2.40. The lowest BCUT2D eigenvalue weighted by Gasteiger charge is -2.33. The Morgan fingerprint density at radius 3 is 2.91 bits per heavy atom. The van der Waals surface area contributed by atoms with Crippen LogP contribution in [0.2, 0.25) is 0 Å². The van der Waals surface area contributed by atoms with Gasteiger partial charge in [-0.15, -0.1) is 0 Å². The minimum atomic E-state index is -0.0570. The standard InChI is InChI=1S/C15H23N3O4/c19-9-12-1-4-16-15(17-12)18-5-2-13(3-6-18)22-11-14-10-20-7-8-21-14/h1,4,13-14,19H,2-3,5-11H2/t14-/m1/s1. The molecular weight excluding hydrogens is 286 g/mol. The highest BCUT2D eigenvalue weighted by atomic mass is 16.6. The summed E-state index contributed by atoms with van der Waals surface area (Å²) in [6.07, 6.45) is 3.90. The number of hydrogen-bond acceptors (Lipinski definition) is 7. The predicted octanol–water partition coefficient (Wildman–Crippen LogP) is 0.370. The van der Waals surface area contributed by atoms with Gasteiger partial charge in [-0.05, 0) is 18.9 Å². The molecule has 2 saturated heterocycles. The van der Waals surface area contributed by atoms with E-state index >= 15 is 0 Å². The Morgan fingerprint density at radius 1 is 1.32 bits per heavy atom. The fourth-order valence-corrected chi connectivity index (χ4v) is 2.72. The van der Waals surface area contributed by atoms with Crippen molar-refractivity contribution < 1.29 is 19.3 Å². The monoisotopic (exact) mass is 309 g/mol. The van der Waals surface area contributed by atoms with Gasteiger partial charge in [0.05, 0.1) is 44.8 Å². The molecule has 7 nitrogen and oxygen atoms in total. The molecule has 7 heteroatoms. The van der Waals surface area contributed by atoms with Crippen molar-refractivity contribution in [1.29, 1.82) is 0 Å². The molecule has 3 rings (SSSR count). The van der Waals surface area contributed by atoms with Gasteiger partial charge in [0.2, 0.25) is 5.95 Å². The maximum Gasteiger partial charge on any atom is 0.225 e. The number of ether oxygens (including phenoxy) is 3. The second kappa shape index (κ2) is 7.82. The molecule has 2 fully saturated rings. The lowest BCUT2D eigenvalue weighted by molar-refractivity contribution is -0.126. The lowest BCUT2D eigenvalue weighted by atomic mass is 10.1. The molecule has 0 spiro atoms. The normalized spacial score (nSPS) is 23.7. The second-order valence-corrected chi connectivity index (χ2v) is 5.59. The van der Waals surface area contributed by atoms with Crippen LogP contribution in [0.3, 0.4) is 0 Å². The third-order valence-corrected chi connectivity index (χ3v) is 3.99. The van der Waals surface area contributed by atoms with Crippen LogP contribution in [0, 0.1) is 0 Å². The first-order valence-electron chi connectivity index (χ1n) is 7.84. The van der Waals surface area contributed by atoms with E-state index in [-0.39, 0.29) is 18.8 Å². The smallest absolute Gasteiger partial charge is 0.225 e. The number of anilines is 1. The number of aliphatic hydroxyl groups excluding tert-OH is 1. The van der Waals surface area contributed by atoms with Crippen LogP contribution in [0.1, 0.15) is 18.5 Å². The van der Waals surface area contributed by atoms with Crippen molar-refractivity contribution in [2.75, 3.05) is 44.4 Å². The van der Waals surface area contributed by atoms with E-state index in [4.69, 9.17) is 19.3 Å². The van der Waals surface area contributed by atoms with E-state index in [1.54, 1.807) is 12.3 Å². The van der Waals surface area contributed by atoms with Crippen molar-refractivity contribution in [3.63, 3.8) is 0 Å². The van der Waals surface area contributed by atoms with Crippen LogP contribution in [0.25, 0.3) is 0 Å². The van der Waals surface area contributed by atoms with E-state index in [0.29, 0.717) is 38.1 Å². The minimum Gasteiger partial charge on any atom is -0.390 e. The third kappa shape index (κ3) is 4.13. The van der Waals surface area contributed by atoms with E-state index < -0.39 is 0 Å². The summed E-state index contributed by atoms with van der Waals surface area (Å²) >= 11 is 0. The zero-order valence-electron chi connectivity index (χ0n) is 12.7. The van der Waals surface area contributed by atoms with Gasteiger partial charge in [-0.2, -0.15) is 0 Å². The fraction of sp³-hybridized carbons (Fsp3) is 0.733. The van der Waals surface area contributed by atoms with Gasteiger partial charge in [-0.3, -0.25) is 0 Å². The Bertz CT molecular complexity index is 460. The molecule has 3 heterocycles. The Balaban J connectivity index is 1.43. The maximum atomic E-state index is 9.15. The van der Waals surface area contributed by atoms with E-state index in [1.807, 2.05) is 0 Å². The number of hydrogen-bond donors (Lipinski definition) is 1. The summed E-state index contributed by atoms with van der Waals surface area (Å²) in [5, 5.41) is 9.15. The quantitative estimate of drug-likeness (QED) is 0.842.